The Kier molecular flexibility index (Phi) is 7.10. The van der Waals surface area contributed by atoms with E-state index in [4.69, 9.17) is 21.2 Å². The van der Waals surface area contributed by atoms with Gasteiger partial charge in [0.2, 0.25) is 0 Å². The molecule has 12 nitrogen and oxygen atoms in total. The van der Waals surface area contributed by atoms with Gasteiger partial charge in [0.05, 0.1) is 0 Å². The summed E-state index contributed by atoms with van der Waals surface area (Å²) in [5.41, 5.74) is 0.587. The van der Waals surface area contributed by atoms with Crippen LogP contribution >= 0.6 is 0 Å². The SMILES string of the molecule is O=C([O][Ga]1[O]C(=O)c2ccc(cc2)C(=O)[O]1)c1ccc(C(=O)[O][Ga]2[O]C(=O)c3ccc(cc3)C(=O)[O]2)cc1. The van der Waals surface area contributed by atoms with Crippen LogP contribution in [0, 0.1) is 0 Å². The van der Waals surface area contributed by atoms with Crippen LogP contribution in [0.5, 0.6) is 0 Å². The number of hydrogen-bond acceptors (Lipinski definition) is 12. The van der Waals surface area contributed by atoms with Gasteiger partial charge in [0.15, 0.2) is 0 Å². The van der Waals surface area contributed by atoms with Gasteiger partial charge in [0, 0.05) is 0 Å². The molecule has 3 aromatic rings. The van der Waals surface area contributed by atoms with Gasteiger partial charge in [-0.15, -0.1) is 0 Å². The Labute approximate surface area is 225 Å². The van der Waals surface area contributed by atoms with Crippen molar-refractivity contribution < 1.29 is 49.9 Å². The van der Waals surface area contributed by atoms with Crippen molar-refractivity contribution in [3.05, 3.63) is 106 Å². The molecule has 0 fully saturated rings. The van der Waals surface area contributed by atoms with Gasteiger partial charge in [-0.25, -0.2) is 0 Å². The van der Waals surface area contributed by atoms with E-state index in [0.29, 0.717) is 0 Å². The first-order valence-electron chi connectivity index (χ1n) is 10.8. The molecule has 4 aliphatic rings. The molecule has 0 aromatic heterocycles. The van der Waals surface area contributed by atoms with Crippen LogP contribution < -0.4 is 0 Å². The van der Waals surface area contributed by atoms with E-state index >= 15 is 0 Å². The van der Waals surface area contributed by atoms with E-state index in [9.17, 15) is 28.8 Å². The van der Waals surface area contributed by atoms with Gasteiger partial charge in [-0.05, 0) is 0 Å². The Morgan fingerprint density at radius 3 is 0.921 bits per heavy atom. The molecular weight excluding hydrogens is 620 g/mol. The standard InChI is InChI=1S/3C8H6O4.2Ga/c3*9-7(10)5-1-2-6(4-3-5)8(11)12;;/h3*1-4H,(H,9,10)(H,11,12);;/q;;;2*+3/p-6. The van der Waals surface area contributed by atoms with E-state index in [-0.39, 0.29) is 33.4 Å². The fourth-order valence-electron chi connectivity index (χ4n) is 3.30. The van der Waals surface area contributed by atoms with E-state index in [2.05, 4.69) is 0 Å². The number of fused-ring (bicyclic) bond motifs is 12. The van der Waals surface area contributed by atoms with Gasteiger partial charge in [-0.1, -0.05) is 0 Å². The number of carbonyl (C=O) groups excluding carboxylic acids is 6. The topological polar surface area (TPSA) is 158 Å². The van der Waals surface area contributed by atoms with Crippen molar-refractivity contribution in [3.63, 3.8) is 0 Å². The molecule has 4 bridgehead atoms. The summed E-state index contributed by atoms with van der Waals surface area (Å²) in [7, 11) is 0. The minimum atomic E-state index is -4.13. The van der Waals surface area contributed by atoms with Gasteiger partial charge in [0.1, 0.15) is 0 Å². The predicted octanol–water partition coefficient (Wildman–Crippen LogP) is 2.02. The second-order valence-corrected chi connectivity index (χ2v) is 13.1. The van der Waals surface area contributed by atoms with Crippen molar-refractivity contribution in [2.24, 2.45) is 0 Å². The van der Waals surface area contributed by atoms with Gasteiger partial charge in [-0.2, -0.15) is 0 Å². The van der Waals surface area contributed by atoms with Crippen LogP contribution in [-0.4, -0.2) is 70.4 Å². The Hall–Kier alpha value is -4.25. The van der Waals surface area contributed by atoms with E-state index in [1.165, 1.54) is 72.8 Å². The first-order chi connectivity index (χ1) is 18.3. The molecule has 0 radical (unpaired) electrons. The minimum absolute atomic E-state index is 0.0398. The third-order valence-electron chi connectivity index (χ3n) is 5.29. The van der Waals surface area contributed by atoms with Crippen molar-refractivity contribution in [1.82, 2.24) is 0 Å². The second-order valence-electron chi connectivity index (χ2n) is 7.74. The molecule has 0 N–H and O–H groups in total. The van der Waals surface area contributed by atoms with Crippen LogP contribution in [0.2, 0.25) is 0 Å². The zero-order valence-corrected chi connectivity index (χ0v) is 23.8. The molecule has 4 heterocycles. The monoisotopic (exact) mass is 630 g/mol. The van der Waals surface area contributed by atoms with Crippen LogP contribution in [0.4, 0.5) is 0 Å². The summed E-state index contributed by atoms with van der Waals surface area (Å²) in [6.07, 6.45) is 0. The summed E-state index contributed by atoms with van der Waals surface area (Å²) in [6.45, 7) is 0. The molecule has 0 saturated carbocycles. The first kappa shape index (κ1) is 25.4. The maximum atomic E-state index is 12.6. The second kappa shape index (κ2) is 10.6. The number of benzene rings is 3. The predicted molar refractivity (Wildman–Crippen MR) is 123 cm³/mol. The van der Waals surface area contributed by atoms with Crippen LogP contribution in [0.3, 0.4) is 0 Å². The molecule has 4 aliphatic heterocycles. The summed E-state index contributed by atoms with van der Waals surface area (Å²) >= 11 is -8.25. The molecule has 7 rings (SSSR count). The molecule has 38 heavy (non-hydrogen) atoms. The quantitative estimate of drug-likeness (QED) is 0.387. The molecule has 0 aliphatic carbocycles. The van der Waals surface area contributed by atoms with Crippen LogP contribution in [-0.2, 0) is 21.2 Å². The maximum absolute atomic E-state index is 12.6. The van der Waals surface area contributed by atoms with Crippen molar-refractivity contribution >= 4 is 70.4 Å². The summed E-state index contributed by atoms with van der Waals surface area (Å²) in [6, 6.07) is 16.0. The average molecular weight is 632 g/mol. The van der Waals surface area contributed by atoms with Gasteiger partial charge in [0.25, 0.3) is 0 Å². The van der Waals surface area contributed by atoms with E-state index in [1.807, 2.05) is 0 Å². The normalized spacial score (nSPS) is 14.4. The van der Waals surface area contributed by atoms with Crippen LogP contribution in [0.25, 0.3) is 0 Å². The van der Waals surface area contributed by atoms with E-state index in [1.54, 1.807) is 0 Å². The van der Waals surface area contributed by atoms with Crippen LogP contribution in [0.1, 0.15) is 62.1 Å². The van der Waals surface area contributed by atoms with E-state index in [0.717, 1.165) is 0 Å². The summed E-state index contributed by atoms with van der Waals surface area (Å²) in [5, 5.41) is 0. The molecule has 186 valence electrons. The Morgan fingerprint density at radius 1 is 0.447 bits per heavy atom. The molecule has 0 atom stereocenters. The average Bonchev–Trinajstić information content (AvgIpc) is 3.06. The number of hydrogen-bond donors (Lipinski definition) is 0. The first-order valence-corrected chi connectivity index (χ1v) is 16.8. The third-order valence-corrected chi connectivity index (χ3v) is 10.4. The zero-order chi connectivity index (χ0) is 26.8. The molecule has 0 amide bonds. The van der Waals surface area contributed by atoms with Crippen molar-refractivity contribution in [2.45, 2.75) is 0 Å². The van der Waals surface area contributed by atoms with Crippen LogP contribution in [0.15, 0.2) is 72.8 Å². The fourth-order valence-corrected chi connectivity index (χ4v) is 7.82. The van der Waals surface area contributed by atoms with Crippen molar-refractivity contribution in [1.29, 1.82) is 0 Å². The molecular formula is C24H12Ga2O12. The number of rotatable bonds is 4. The Balaban J connectivity index is 1.23. The summed E-state index contributed by atoms with van der Waals surface area (Å²) < 4.78 is 30.9. The third kappa shape index (κ3) is 5.52. The molecule has 0 saturated heterocycles. The molecule has 3 aromatic carbocycles. The molecule has 0 spiro atoms. The summed E-state index contributed by atoms with van der Waals surface area (Å²) in [4.78, 5) is 74.0. The van der Waals surface area contributed by atoms with Crippen molar-refractivity contribution in [2.75, 3.05) is 0 Å². The molecule has 14 heteroatoms. The Bertz CT molecular complexity index is 1280. The van der Waals surface area contributed by atoms with Crippen molar-refractivity contribution in [3.8, 4) is 0 Å². The fraction of sp³-hybridized carbons (Fsp3) is 0. The Morgan fingerprint density at radius 2 is 0.684 bits per heavy atom. The van der Waals surface area contributed by atoms with E-state index < -0.39 is 70.4 Å². The zero-order valence-electron chi connectivity index (χ0n) is 19.0. The van der Waals surface area contributed by atoms with Gasteiger partial charge in [-0.3, -0.25) is 0 Å². The van der Waals surface area contributed by atoms with Gasteiger partial charge < -0.3 is 0 Å². The molecule has 0 unspecified atom stereocenters. The number of carbonyl (C=O) groups is 6. The van der Waals surface area contributed by atoms with Gasteiger partial charge >= 0.3 is 227 Å². The summed E-state index contributed by atoms with van der Waals surface area (Å²) in [5.74, 6) is -5.07.